The first-order valence-corrected chi connectivity index (χ1v) is 7.32. The zero-order chi connectivity index (χ0) is 14.5. The summed E-state index contributed by atoms with van der Waals surface area (Å²) in [7, 11) is 0. The smallest absolute Gasteiger partial charge is 0.225 e. The van der Waals surface area contributed by atoms with Gasteiger partial charge in [0.05, 0.1) is 6.04 Å². The third-order valence-electron chi connectivity index (χ3n) is 3.85. The fourth-order valence-electron chi connectivity index (χ4n) is 2.81. The van der Waals surface area contributed by atoms with E-state index in [0.29, 0.717) is 6.42 Å². The summed E-state index contributed by atoms with van der Waals surface area (Å²) in [5, 5.41) is 6.94. The molecule has 1 saturated heterocycles. The van der Waals surface area contributed by atoms with Crippen molar-refractivity contribution in [2.75, 3.05) is 18.4 Å². The number of carbonyl (C=O) groups excluding carboxylic acids is 1. The maximum atomic E-state index is 12.0. The molecular formula is C16H19N3O2. The number of anilines is 1. The molecule has 1 aliphatic heterocycles. The molecule has 3 rings (SSSR count). The van der Waals surface area contributed by atoms with Crippen molar-refractivity contribution in [2.45, 2.75) is 25.3 Å². The Bertz CT molecular complexity index is 568. The van der Waals surface area contributed by atoms with E-state index in [1.54, 1.807) is 6.26 Å². The van der Waals surface area contributed by atoms with Crippen LogP contribution in [0.15, 0.2) is 47.2 Å². The molecule has 5 heteroatoms. The number of nitrogens with one attached hydrogen (secondary N) is 1. The highest BCUT2D eigenvalue weighted by molar-refractivity contribution is 5.90. The lowest BCUT2D eigenvalue weighted by atomic mass is 10.1. The Morgan fingerprint density at radius 2 is 2.19 bits per heavy atom. The number of rotatable bonds is 5. The number of aromatic nitrogens is 1. The number of amides is 1. The number of nitrogens with zero attached hydrogens (tertiary/aromatic N) is 2. The molecule has 0 unspecified atom stereocenters. The number of carbonyl (C=O) groups is 1. The maximum Gasteiger partial charge on any atom is 0.225 e. The minimum absolute atomic E-state index is 0.0482. The van der Waals surface area contributed by atoms with Crippen LogP contribution in [0.5, 0.6) is 0 Å². The third-order valence-corrected chi connectivity index (χ3v) is 3.85. The van der Waals surface area contributed by atoms with Crippen molar-refractivity contribution in [3.8, 4) is 0 Å². The normalized spacial score (nSPS) is 18.8. The SMILES string of the molecule is O=C(CCN1CCC[C@@H]1c1ccon1)Nc1ccccc1. The van der Waals surface area contributed by atoms with E-state index in [1.165, 1.54) is 0 Å². The van der Waals surface area contributed by atoms with Crippen molar-refractivity contribution in [1.29, 1.82) is 0 Å². The summed E-state index contributed by atoms with van der Waals surface area (Å²) in [6, 6.07) is 11.7. The molecular weight excluding hydrogens is 266 g/mol. The number of hydrogen-bond acceptors (Lipinski definition) is 4. The summed E-state index contributed by atoms with van der Waals surface area (Å²) in [6.45, 7) is 1.76. The lowest BCUT2D eigenvalue weighted by Crippen LogP contribution is -2.27. The molecule has 1 N–H and O–H groups in total. The zero-order valence-corrected chi connectivity index (χ0v) is 11.9. The Morgan fingerprint density at radius 1 is 1.33 bits per heavy atom. The van der Waals surface area contributed by atoms with Gasteiger partial charge in [-0.1, -0.05) is 23.4 Å². The zero-order valence-electron chi connectivity index (χ0n) is 11.9. The van der Waals surface area contributed by atoms with E-state index >= 15 is 0 Å². The van der Waals surface area contributed by atoms with Crippen LogP contribution in [0.1, 0.15) is 31.0 Å². The Hall–Kier alpha value is -2.14. The average Bonchev–Trinajstić information content (AvgIpc) is 3.17. The van der Waals surface area contributed by atoms with Crippen LogP contribution in [0.2, 0.25) is 0 Å². The molecule has 21 heavy (non-hydrogen) atoms. The molecule has 110 valence electrons. The van der Waals surface area contributed by atoms with Crippen molar-refractivity contribution < 1.29 is 9.32 Å². The number of hydrogen-bond donors (Lipinski definition) is 1. The maximum absolute atomic E-state index is 12.0. The molecule has 0 aliphatic carbocycles. The molecule has 0 bridgehead atoms. The third kappa shape index (κ3) is 3.49. The van der Waals surface area contributed by atoms with Gasteiger partial charge in [0.1, 0.15) is 12.0 Å². The molecule has 0 radical (unpaired) electrons. The molecule has 5 nitrogen and oxygen atoms in total. The van der Waals surface area contributed by atoms with Crippen molar-refractivity contribution in [3.05, 3.63) is 48.4 Å². The van der Waals surface area contributed by atoms with E-state index in [1.807, 2.05) is 36.4 Å². The van der Waals surface area contributed by atoms with Gasteiger partial charge in [-0.25, -0.2) is 0 Å². The van der Waals surface area contributed by atoms with Crippen molar-refractivity contribution >= 4 is 11.6 Å². The van der Waals surface area contributed by atoms with Gasteiger partial charge in [-0.15, -0.1) is 0 Å². The quantitative estimate of drug-likeness (QED) is 0.917. The second-order valence-corrected chi connectivity index (χ2v) is 5.28. The van der Waals surface area contributed by atoms with Gasteiger partial charge in [0.2, 0.25) is 5.91 Å². The number of benzene rings is 1. The fourth-order valence-corrected chi connectivity index (χ4v) is 2.81. The van der Waals surface area contributed by atoms with Gasteiger partial charge in [0.25, 0.3) is 0 Å². The molecule has 0 saturated carbocycles. The van der Waals surface area contributed by atoms with Crippen LogP contribution in [0.25, 0.3) is 0 Å². The van der Waals surface area contributed by atoms with E-state index < -0.39 is 0 Å². The lowest BCUT2D eigenvalue weighted by Gasteiger charge is -2.22. The van der Waals surface area contributed by atoms with E-state index in [-0.39, 0.29) is 11.9 Å². The summed E-state index contributed by atoms with van der Waals surface area (Å²) >= 11 is 0. The minimum Gasteiger partial charge on any atom is -0.364 e. The Balaban J connectivity index is 1.51. The molecule has 1 fully saturated rings. The summed E-state index contributed by atoms with van der Waals surface area (Å²) in [6.07, 6.45) is 4.31. The average molecular weight is 285 g/mol. The topological polar surface area (TPSA) is 58.4 Å². The van der Waals surface area contributed by atoms with Crippen LogP contribution in [0, 0.1) is 0 Å². The van der Waals surface area contributed by atoms with E-state index in [9.17, 15) is 4.79 Å². The Kier molecular flexibility index (Phi) is 4.31. The van der Waals surface area contributed by atoms with Crippen molar-refractivity contribution in [3.63, 3.8) is 0 Å². The predicted molar refractivity (Wildman–Crippen MR) is 79.7 cm³/mol. The molecule has 1 aliphatic rings. The molecule has 2 heterocycles. The summed E-state index contributed by atoms with van der Waals surface area (Å²) < 4.78 is 4.92. The first-order chi connectivity index (χ1) is 10.3. The highest BCUT2D eigenvalue weighted by Gasteiger charge is 2.27. The van der Waals surface area contributed by atoms with Crippen LogP contribution < -0.4 is 5.32 Å². The number of likely N-dealkylation sites (tertiary alicyclic amines) is 1. The second-order valence-electron chi connectivity index (χ2n) is 5.28. The van der Waals surface area contributed by atoms with Gasteiger partial charge in [-0.3, -0.25) is 9.69 Å². The second kappa shape index (κ2) is 6.54. The summed E-state index contributed by atoms with van der Waals surface area (Å²) in [5.74, 6) is 0.0482. The fraction of sp³-hybridized carbons (Fsp3) is 0.375. The van der Waals surface area contributed by atoms with Gasteiger partial charge in [-0.2, -0.15) is 0 Å². The first-order valence-electron chi connectivity index (χ1n) is 7.32. The summed E-state index contributed by atoms with van der Waals surface area (Å²) in [4.78, 5) is 14.3. The first kappa shape index (κ1) is 13.8. The summed E-state index contributed by atoms with van der Waals surface area (Å²) in [5.41, 5.74) is 1.81. The lowest BCUT2D eigenvalue weighted by molar-refractivity contribution is -0.116. The van der Waals surface area contributed by atoms with Gasteiger partial charge in [0.15, 0.2) is 0 Å². The molecule has 0 spiro atoms. The van der Waals surface area contributed by atoms with Gasteiger partial charge < -0.3 is 9.84 Å². The molecule has 1 aromatic heterocycles. The molecule has 1 aromatic carbocycles. The molecule has 1 atom stereocenters. The standard InChI is InChI=1S/C16H19N3O2/c20-16(17-13-5-2-1-3-6-13)8-11-19-10-4-7-15(19)14-9-12-21-18-14/h1-3,5-6,9,12,15H,4,7-8,10-11H2,(H,17,20)/t15-/m1/s1. The molecule has 2 aromatic rings. The van der Waals surface area contributed by atoms with Crippen LogP contribution in [-0.4, -0.2) is 29.1 Å². The van der Waals surface area contributed by atoms with E-state index in [0.717, 1.165) is 37.3 Å². The molecule has 1 amide bonds. The van der Waals surface area contributed by atoms with Crippen LogP contribution in [0.4, 0.5) is 5.69 Å². The van der Waals surface area contributed by atoms with Crippen LogP contribution in [0.3, 0.4) is 0 Å². The highest BCUT2D eigenvalue weighted by Crippen LogP contribution is 2.30. The Labute approximate surface area is 123 Å². The van der Waals surface area contributed by atoms with E-state index in [2.05, 4.69) is 15.4 Å². The van der Waals surface area contributed by atoms with Crippen LogP contribution in [-0.2, 0) is 4.79 Å². The predicted octanol–water partition coefficient (Wildman–Crippen LogP) is 2.84. The monoisotopic (exact) mass is 285 g/mol. The van der Waals surface area contributed by atoms with Gasteiger partial charge >= 0.3 is 0 Å². The largest absolute Gasteiger partial charge is 0.364 e. The number of para-hydroxylation sites is 1. The Morgan fingerprint density at radius 3 is 2.95 bits per heavy atom. The highest BCUT2D eigenvalue weighted by atomic mass is 16.5. The van der Waals surface area contributed by atoms with Crippen LogP contribution >= 0.6 is 0 Å². The van der Waals surface area contributed by atoms with Gasteiger partial charge in [0, 0.05) is 24.7 Å². The van der Waals surface area contributed by atoms with Crippen molar-refractivity contribution in [2.24, 2.45) is 0 Å². The van der Waals surface area contributed by atoms with E-state index in [4.69, 9.17) is 4.52 Å². The minimum atomic E-state index is 0.0482. The van der Waals surface area contributed by atoms with Crippen molar-refractivity contribution in [1.82, 2.24) is 10.1 Å². The van der Waals surface area contributed by atoms with Gasteiger partial charge in [-0.05, 0) is 31.5 Å².